The number of nitrogens with one attached hydrogen (secondary N) is 1. The predicted molar refractivity (Wildman–Crippen MR) is 131 cm³/mol. The van der Waals surface area contributed by atoms with Crippen LogP contribution < -0.4 is 16.0 Å². The number of carbonyl (C=O) groups is 3. The molecule has 1 heterocycles. The summed E-state index contributed by atoms with van der Waals surface area (Å²) in [6.45, 7) is 1.63. The normalized spacial score (nSPS) is 15.3. The lowest BCUT2D eigenvalue weighted by atomic mass is 9.81. The van der Waals surface area contributed by atoms with Gasteiger partial charge in [0.15, 0.2) is 0 Å². The van der Waals surface area contributed by atoms with E-state index in [1.54, 1.807) is 55.5 Å². The molecule has 2 aromatic carbocycles. The van der Waals surface area contributed by atoms with Crippen LogP contribution in [-0.4, -0.2) is 45.8 Å². The fourth-order valence-corrected chi connectivity index (χ4v) is 4.03. The van der Waals surface area contributed by atoms with Gasteiger partial charge in [-0.25, -0.2) is 9.59 Å². The van der Waals surface area contributed by atoms with E-state index >= 15 is 0 Å². The van der Waals surface area contributed by atoms with Gasteiger partial charge >= 0.3 is 11.9 Å². The fourth-order valence-electron chi connectivity index (χ4n) is 4.03. The zero-order valence-corrected chi connectivity index (χ0v) is 20.3. The molecule has 0 bridgehead atoms. The van der Waals surface area contributed by atoms with Gasteiger partial charge in [-0.3, -0.25) is 9.69 Å². The van der Waals surface area contributed by atoms with Gasteiger partial charge in [-0.05, 0) is 36.2 Å². The highest BCUT2D eigenvalue weighted by Gasteiger charge is 2.43. The maximum atomic E-state index is 13.1. The fraction of sp³-hybridized carbons (Fsp3) is 0.231. The molecule has 186 valence electrons. The van der Waals surface area contributed by atoms with Gasteiger partial charge in [0.05, 0.1) is 37.4 Å². The molecule has 0 saturated carbocycles. The summed E-state index contributed by atoms with van der Waals surface area (Å²) in [5.41, 5.74) is 8.38. The zero-order chi connectivity index (χ0) is 26.4. The number of ether oxygens (including phenoxy) is 3. The lowest BCUT2D eigenvalue weighted by Crippen LogP contribution is -2.40. The highest BCUT2D eigenvalue weighted by molar-refractivity contribution is 6.06. The van der Waals surface area contributed by atoms with Crippen molar-refractivity contribution in [3.8, 4) is 6.07 Å². The van der Waals surface area contributed by atoms with E-state index in [-0.39, 0.29) is 35.2 Å². The number of carbonyl (C=O) groups excluding carboxylic acids is 3. The highest BCUT2D eigenvalue weighted by Crippen LogP contribution is 2.43. The van der Waals surface area contributed by atoms with Gasteiger partial charge in [-0.1, -0.05) is 30.3 Å². The summed E-state index contributed by atoms with van der Waals surface area (Å²) in [6.07, 6.45) is 0. The number of amides is 1. The van der Waals surface area contributed by atoms with Crippen molar-refractivity contribution in [3.63, 3.8) is 0 Å². The van der Waals surface area contributed by atoms with Crippen molar-refractivity contribution in [1.82, 2.24) is 0 Å². The summed E-state index contributed by atoms with van der Waals surface area (Å²) in [5, 5.41) is 12.8. The first-order valence-corrected chi connectivity index (χ1v) is 10.8. The third kappa shape index (κ3) is 4.92. The zero-order valence-electron chi connectivity index (χ0n) is 20.3. The molecular formula is C26H26N4O6. The number of rotatable bonds is 7. The summed E-state index contributed by atoms with van der Waals surface area (Å²) in [7, 11) is 3.78. The summed E-state index contributed by atoms with van der Waals surface area (Å²) in [4.78, 5) is 39.4. The summed E-state index contributed by atoms with van der Waals surface area (Å²) in [6, 6.07) is 15.7. The van der Waals surface area contributed by atoms with E-state index in [0.717, 1.165) is 0 Å². The third-order valence-electron chi connectivity index (χ3n) is 5.63. The number of nitriles is 1. The van der Waals surface area contributed by atoms with Crippen LogP contribution in [0.4, 0.5) is 11.4 Å². The Hall–Kier alpha value is -4.62. The van der Waals surface area contributed by atoms with Crippen LogP contribution in [0.1, 0.15) is 17.0 Å². The average Bonchev–Trinajstić information content (AvgIpc) is 2.88. The first kappa shape index (κ1) is 26.0. The lowest BCUT2D eigenvalue weighted by Gasteiger charge is -2.36. The topological polar surface area (TPSA) is 144 Å². The number of benzene rings is 2. The number of hydrogen-bond donors (Lipinski definition) is 2. The number of methoxy groups -OCH3 is 3. The average molecular weight is 491 g/mol. The summed E-state index contributed by atoms with van der Waals surface area (Å²) in [5.74, 6) is -3.00. The molecule has 3 N–H and O–H groups in total. The maximum Gasteiger partial charge on any atom is 0.355 e. The largest absolute Gasteiger partial charge is 0.466 e. The molecule has 1 aliphatic heterocycles. The molecule has 10 nitrogen and oxygen atoms in total. The highest BCUT2D eigenvalue weighted by atomic mass is 16.5. The first-order chi connectivity index (χ1) is 17.3. The number of hydrogen-bond acceptors (Lipinski definition) is 9. The Kier molecular flexibility index (Phi) is 8.09. The molecule has 0 aliphatic carbocycles. The van der Waals surface area contributed by atoms with Gasteiger partial charge in [0.1, 0.15) is 18.1 Å². The van der Waals surface area contributed by atoms with Crippen molar-refractivity contribution < 1.29 is 28.6 Å². The number of nitrogens with zero attached hydrogens (tertiary/aromatic N) is 2. The summed E-state index contributed by atoms with van der Waals surface area (Å²) < 4.78 is 14.9. The van der Waals surface area contributed by atoms with Crippen LogP contribution in [0.25, 0.3) is 0 Å². The van der Waals surface area contributed by atoms with Crippen LogP contribution in [0, 0.1) is 18.3 Å². The van der Waals surface area contributed by atoms with Crippen molar-refractivity contribution in [2.45, 2.75) is 12.8 Å². The minimum atomic E-state index is -0.956. The Morgan fingerprint density at radius 3 is 2.28 bits per heavy atom. The van der Waals surface area contributed by atoms with Gasteiger partial charge in [-0.15, -0.1) is 0 Å². The van der Waals surface area contributed by atoms with Crippen molar-refractivity contribution >= 4 is 29.2 Å². The number of nitrogens with two attached hydrogens (primary N) is 1. The monoisotopic (exact) mass is 490 g/mol. The van der Waals surface area contributed by atoms with E-state index in [0.29, 0.717) is 22.5 Å². The molecule has 0 aromatic heterocycles. The molecular weight excluding hydrogens is 464 g/mol. The Bertz CT molecular complexity index is 1290. The van der Waals surface area contributed by atoms with Crippen molar-refractivity contribution in [1.29, 1.82) is 5.26 Å². The first-order valence-electron chi connectivity index (χ1n) is 10.8. The van der Waals surface area contributed by atoms with Gasteiger partial charge in [0.2, 0.25) is 5.91 Å². The second kappa shape index (κ2) is 11.2. The minimum Gasteiger partial charge on any atom is -0.466 e. The SMILES string of the molecule is COCC(=O)Nc1ccc(N2C(N)=C(C#N)C(c3ccccc3)C(C(=O)OC)=C2C(=O)OC)cc1C. The molecule has 1 aliphatic rings. The second-order valence-corrected chi connectivity index (χ2v) is 7.82. The van der Waals surface area contributed by atoms with Crippen molar-refractivity contribution in [2.75, 3.05) is 38.2 Å². The van der Waals surface area contributed by atoms with Gasteiger partial charge < -0.3 is 25.3 Å². The van der Waals surface area contributed by atoms with Crippen LogP contribution in [0.3, 0.4) is 0 Å². The Labute approximate surface area is 208 Å². The van der Waals surface area contributed by atoms with E-state index in [1.165, 1.54) is 26.2 Å². The van der Waals surface area contributed by atoms with E-state index in [2.05, 4.69) is 11.4 Å². The quantitative estimate of drug-likeness (QED) is 0.559. The number of allylic oxidation sites excluding steroid dienone is 1. The third-order valence-corrected chi connectivity index (χ3v) is 5.63. The van der Waals surface area contributed by atoms with Gasteiger partial charge in [0.25, 0.3) is 0 Å². The van der Waals surface area contributed by atoms with E-state index in [1.807, 2.05) is 0 Å². The molecule has 3 rings (SSSR count). The molecule has 0 fully saturated rings. The van der Waals surface area contributed by atoms with E-state index in [4.69, 9.17) is 19.9 Å². The molecule has 36 heavy (non-hydrogen) atoms. The molecule has 0 saturated heterocycles. The molecule has 1 unspecified atom stereocenters. The van der Waals surface area contributed by atoms with Gasteiger partial charge in [-0.2, -0.15) is 5.26 Å². The van der Waals surface area contributed by atoms with Crippen molar-refractivity contribution in [2.24, 2.45) is 5.73 Å². The number of anilines is 2. The van der Waals surface area contributed by atoms with Crippen LogP contribution in [-0.2, 0) is 28.6 Å². The van der Waals surface area contributed by atoms with Gasteiger partial charge in [0, 0.05) is 18.5 Å². The smallest absolute Gasteiger partial charge is 0.355 e. The maximum absolute atomic E-state index is 13.1. The molecule has 1 atom stereocenters. The molecule has 0 radical (unpaired) electrons. The number of esters is 2. The van der Waals surface area contributed by atoms with Crippen LogP contribution >= 0.6 is 0 Å². The molecule has 1 amide bonds. The Morgan fingerprint density at radius 2 is 1.72 bits per heavy atom. The molecule has 10 heteroatoms. The van der Waals surface area contributed by atoms with Crippen molar-refractivity contribution in [3.05, 3.63) is 82.3 Å². The second-order valence-electron chi connectivity index (χ2n) is 7.82. The molecule has 0 spiro atoms. The van der Waals surface area contributed by atoms with Crippen LogP contribution in [0.15, 0.2) is 71.2 Å². The molecule has 2 aromatic rings. The van der Waals surface area contributed by atoms with Crippen LogP contribution in [0.2, 0.25) is 0 Å². The lowest BCUT2D eigenvalue weighted by molar-refractivity contribution is -0.139. The summed E-state index contributed by atoms with van der Waals surface area (Å²) >= 11 is 0. The Balaban J connectivity index is 2.27. The van der Waals surface area contributed by atoms with Crippen LogP contribution in [0.5, 0.6) is 0 Å². The predicted octanol–water partition coefficient (Wildman–Crippen LogP) is 2.48. The number of aryl methyl sites for hydroxylation is 1. The minimum absolute atomic E-state index is 0.0463. The standard InChI is InChI=1S/C26H26N4O6/c1-15-12-17(10-11-19(15)29-20(31)14-34-2)30-23(26(33)36-4)22(25(32)35-3)21(18(13-27)24(30)28)16-8-6-5-7-9-16/h5-12,21H,14,28H2,1-4H3,(H,29,31). The van der Waals surface area contributed by atoms with E-state index < -0.39 is 17.9 Å². The Morgan fingerprint density at radius 1 is 1.06 bits per heavy atom. The van der Waals surface area contributed by atoms with E-state index in [9.17, 15) is 19.6 Å².